The molecule has 0 bridgehead atoms. The number of hydrogen-bond acceptors (Lipinski definition) is 2. The molecular formula is C9H24N2Si. The van der Waals surface area contributed by atoms with Crippen molar-refractivity contribution in [3.8, 4) is 0 Å². The second-order valence-electron chi connectivity index (χ2n) is 4.44. The first kappa shape index (κ1) is 12.1. The Balaban J connectivity index is 4.38. The lowest BCUT2D eigenvalue weighted by molar-refractivity contribution is 0.651. The van der Waals surface area contributed by atoms with Crippen molar-refractivity contribution in [3.63, 3.8) is 0 Å². The topological polar surface area (TPSA) is 24.1 Å². The molecule has 0 aromatic heterocycles. The summed E-state index contributed by atoms with van der Waals surface area (Å²) in [6.07, 6.45) is 0. The van der Waals surface area contributed by atoms with E-state index in [0.717, 1.165) is 13.1 Å². The monoisotopic (exact) mass is 188 g/mol. The molecule has 0 aliphatic rings. The van der Waals surface area contributed by atoms with Gasteiger partial charge in [-0.05, 0) is 24.7 Å². The van der Waals surface area contributed by atoms with Crippen LogP contribution >= 0.6 is 0 Å². The highest BCUT2D eigenvalue weighted by Gasteiger charge is 2.39. The van der Waals surface area contributed by atoms with Crippen molar-refractivity contribution in [1.82, 2.24) is 9.96 Å². The summed E-state index contributed by atoms with van der Waals surface area (Å²) < 4.78 is 0. The molecule has 0 rings (SSSR count). The minimum Gasteiger partial charge on any atom is -0.325 e. The van der Waals surface area contributed by atoms with Crippen LogP contribution in [-0.2, 0) is 0 Å². The average molecular weight is 188 g/mol. The van der Waals surface area contributed by atoms with Gasteiger partial charge in [-0.1, -0.05) is 34.6 Å². The van der Waals surface area contributed by atoms with Gasteiger partial charge in [-0.15, -0.1) is 0 Å². The van der Waals surface area contributed by atoms with Gasteiger partial charge in [0.2, 0.25) is 8.40 Å². The van der Waals surface area contributed by atoms with Gasteiger partial charge >= 0.3 is 0 Å². The summed E-state index contributed by atoms with van der Waals surface area (Å²) in [5, 5.41) is 0.374. The van der Waals surface area contributed by atoms with Gasteiger partial charge < -0.3 is 9.96 Å². The van der Waals surface area contributed by atoms with Gasteiger partial charge in [0.25, 0.3) is 0 Å². The third-order valence-corrected chi connectivity index (χ3v) is 7.68. The van der Waals surface area contributed by atoms with Gasteiger partial charge in [0.15, 0.2) is 0 Å². The fourth-order valence-electron chi connectivity index (χ4n) is 1.30. The van der Waals surface area contributed by atoms with Crippen molar-refractivity contribution >= 4 is 8.40 Å². The molecule has 0 spiro atoms. The first-order valence-electron chi connectivity index (χ1n) is 4.87. The van der Waals surface area contributed by atoms with Crippen LogP contribution < -0.4 is 9.96 Å². The van der Waals surface area contributed by atoms with Crippen LogP contribution in [0, 0.1) is 0 Å². The molecule has 0 radical (unpaired) electrons. The Morgan fingerprint density at radius 2 is 1.33 bits per heavy atom. The van der Waals surface area contributed by atoms with E-state index in [4.69, 9.17) is 0 Å². The lowest BCUT2D eigenvalue weighted by Crippen LogP contribution is -2.65. The average Bonchev–Trinajstić information content (AvgIpc) is 1.86. The Kier molecular flexibility index (Phi) is 4.44. The molecule has 0 saturated carbocycles. The van der Waals surface area contributed by atoms with E-state index in [1.165, 1.54) is 0 Å². The van der Waals surface area contributed by atoms with Crippen LogP contribution in [0.2, 0.25) is 11.6 Å². The van der Waals surface area contributed by atoms with E-state index in [1.54, 1.807) is 0 Å². The van der Waals surface area contributed by atoms with Gasteiger partial charge in [-0.2, -0.15) is 0 Å². The fourth-order valence-corrected chi connectivity index (χ4v) is 3.90. The smallest absolute Gasteiger partial charge is 0.203 e. The summed E-state index contributed by atoms with van der Waals surface area (Å²) in [5.74, 6) is 0. The van der Waals surface area contributed by atoms with Gasteiger partial charge in [0, 0.05) is 0 Å². The van der Waals surface area contributed by atoms with E-state index in [1.807, 2.05) is 0 Å². The third kappa shape index (κ3) is 2.88. The molecule has 74 valence electrons. The molecule has 0 fully saturated rings. The summed E-state index contributed by atoms with van der Waals surface area (Å²) >= 11 is 0. The maximum absolute atomic E-state index is 3.63. The third-order valence-electron chi connectivity index (χ3n) is 2.56. The van der Waals surface area contributed by atoms with Gasteiger partial charge in [-0.25, -0.2) is 0 Å². The van der Waals surface area contributed by atoms with Crippen LogP contribution in [0.5, 0.6) is 0 Å². The van der Waals surface area contributed by atoms with E-state index in [0.29, 0.717) is 5.04 Å². The molecule has 12 heavy (non-hydrogen) atoms. The molecule has 0 saturated heterocycles. The normalized spacial score (nSPS) is 13.5. The Morgan fingerprint density at radius 3 is 1.50 bits per heavy atom. The molecule has 0 amide bonds. The van der Waals surface area contributed by atoms with E-state index >= 15 is 0 Å². The van der Waals surface area contributed by atoms with Crippen LogP contribution in [0.15, 0.2) is 0 Å². The number of nitrogens with one attached hydrogen (secondary N) is 2. The molecule has 0 atom stereocenters. The van der Waals surface area contributed by atoms with Crippen LogP contribution in [0.3, 0.4) is 0 Å². The van der Waals surface area contributed by atoms with Crippen molar-refractivity contribution in [3.05, 3.63) is 0 Å². The van der Waals surface area contributed by atoms with E-state index < -0.39 is 8.40 Å². The van der Waals surface area contributed by atoms with Gasteiger partial charge in [0.05, 0.1) is 0 Å². The van der Waals surface area contributed by atoms with Gasteiger partial charge in [-0.3, -0.25) is 0 Å². The zero-order valence-corrected chi connectivity index (χ0v) is 10.4. The van der Waals surface area contributed by atoms with E-state index in [-0.39, 0.29) is 0 Å². The largest absolute Gasteiger partial charge is 0.325 e. The van der Waals surface area contributed by atoms with E-state index in [9.17, 15) is 0 Å². The van der Waals surface area contributed by atoms with Crippen LogP contribution in [0.25, 0.3) is 0 Å². The standard InChI is InChI=1S/C9H24N2Si/c1-7-10-12(6,11-8-2)9(3,4)5/h10-11H,7-8H2,1-6H3. The van der Waals surface area contributed by atoms with Crippen molar-refractivity contribution in [1.29, 1.82) is 0 Å². The molecule has 0 unspecified atom stereocenters. The molecule has 0 aromatic rings. The lowest BCUT2D eigenvalue weighted by Gasteiger charge is -2.40. The number of hydrogen-bond donors (Lipinski definition) is 2. The molecular weight excluding hydrogens is 164 g/mol. The van der Waals surface area contributed by atoms with Crippen molar-refractivity contribution < 1.29 is 0 Å². The molecule has 2 N–H and O–H groups in total. The molecule has 0 aliphatic carbocycles. The zero-order chi connectivity index (χ0) is 9.83. The van der Waals surface area contributed by atoms with Crippen molar-refractivity contribution in [2.75, 3.05) is 13.1 Å². The SMILES string of the molecule is CCN[Si](C)(NCC)C(C)(C)C. The highest BCUT2D eigenvalue weighted by molar-refractivity contribution is 6.76. The summed E-state index contributed by atoms with van der Waals surface area (Å²) in [5.41, 5.74) is 0. The molecule has 3 heteroatoms. The minimum absolute atomic E-state index is 0.374. The zero-order valence-electron chi connectivity index (χ0n) is 9.41. The first-order valence-corrected chi connectivity index (χ1v) is 7.37. The van der Waals surface area contributed by atoms with Crippen LogP contribution in [0.4, 0.5) is 0 Å². The maximum atomic E-state index is 3.63. The molecule has 2 nitrogen and oxygen atoms in total. The highest BCUT2D eigenvalue weighted by Crippen LogP contribution is 2.31. The first-order chi connectivity index (χ1) is 5.37. The lowest BCUT2D eigenvalue weighted by atomic mass is 10.2. The molecule has 0 aromatic carbocycles. The number of rotatable bonds is 4. The Hall–Kier alpha value is 0.137. The van der Waals surface area contributed by atoms with Crippen molar-refractivity contribution in [2.45, 2.75) is 46.2 Å². The second-order valence-corrected chi connectivity index (χ2v) is 8.89. The van der Waals surface area contributed by atoms with E-state index in [2.05, 4.69) is 51.1 Å². The second kappa shape index (κ2) is 4.39. The minimum atomic E-state index is -1.45. The van der Waals surface area contributed by atoms with Crippen LogP contribution in [0.1, 0.15) is 34.6 Å². The predicted octanol–water partition coefficient (Wildman–Crippen LogP) is 2.08. The fraction of sp³-hybridized carbons (Fsp3) is 1.00. The predicted molar refractivity (Wildman–Crippen MR) is 58.7 cm³/mol. The summed E-state index contributed by atoms with van der Waals surface area (Å²) in [6, 6.07) is 0. The summed E-state index contributed by atoms with van der Waals surface area (Å²) in [6.45, 7) is 15.8. The Bertz CT molecular complexity index is 123. The quantitative estimate of drug-likeness (QED) is 0.660. The molecule has 0 aliphatic heterocycles. The Morgan fingerprint density at radius 1 is 1.00 bits per heavy atom. The summed E-state index contributed by atoms with van der Waals surface area (Å²) in [7, 11) is -1.45. The highest BCUT2D eigenvalue weighted by atomic mass is 28.3. The Labute approximate surface area is 78.3 Å². The van der Waals surface area contributed by atoms with Crippen molar-refractivity contribution in [2.24, 2.45) is 0 Å². The summed E-state index contributed by atoms with van der Waals surface area (Å²) in [4.78, 5) is 7.26. The van der Waals surface area contributed by atoms with Crippen LogP contribution in [-0.4, -0.2) is 21.5 Å². The maximum Gasteiger partial charge on any atom is 0.203 e. The molecule has 0 heterocycles. The van der Waals surface area contributed by atoms with Gasteiger partial charge in [0.1, 0.15) is 0 Å².